The van der Waals surface area contributed by atoms with Crippen LogP contribution in [0.25, 0.3) is 0 Å². The lowest BCUT2D eigenvalue weighted by Crippen LogP contribution is -2.22. The Morgan fingerprint density at radius 2 is 2.23 bits per heavy atom. The smallest absolute Gasteiger partial charge is 0.230 e. The van der Waals surface area contributed by atoms with Gasteiger partial charge >= 0.3 is 0 Å². The highest BCUT2D eigenvalue weighted by atomic mass is 32.2. The summed E-state index contributed by atoms with van der Waals surface area (Å²) in [6.07, 6.45) is 7.07. The van der Waals surface area contributed by atoms with Gasteiger partial charge in [0.15, 0.2) is 0 Å². The van der Waals surface area contributed by atoms with Gasteiger partial charge in [-0.15, -0.1) is 11.8 Å². The van der Waals surface area contributed by atoms with E-state index in [1.165, 1.54) is 11.8 Å². The van der Waals surface area contributed by atoms with Gasteiger partial charge in [-0.3, -0.25) is 4.79 Å². The molecule has 13 heavy (non-hydrogen) atoms. The first kappa shape index (κ1) is 12.3. The monoisotopic (exact) mass is 199 g/mol. The molecule has 0 aromatic heterocycles. The van der Waals surface area contributed by atoms with Gasteiger partial charge < -0.3 is 5.73 Å². The minimum absolute atomic E-state index is 0.160. The van der Waals surface area contributed by atoms with Crippen LogP contribution in [0.2, 0.25) is 0 Å². The number of primary amides is 1. The van der Waals surface area contributed by atoms with Crippen LogP contribution in [0.5, 0.6) is 0 Å². The molecular formula is C10H17NOS. The van der Waals surface area contributed by atoms with E-state index in [9.17, 15) is 4.79 Å². The predicted molar refractivity (Wildman–Crippen MR) is 59.4 cm³/mol. The summed E-state index contributed by atoms with van der Waals surface area (Å²) in [5.74, 6) is -0.269. The Bertz CT molecular complexity index is 221. The number of allylic oxidation sites excluding steroid dienone is 3. The van der Waals surface area contributed by atoms with Crippen LogP contribution in [0.1, 0.15) is 27.2 Å². The molecule has 0 heterocycles. The fourth-order valence-corrected chi connectivity index (χ4v) is 1.54. The van der Waals surface area contributed by atoms with Crippen molar-refractivity contribution in [3.8, 4) is 0 Å². The number of carbonyl (C=O) groups excluding carboxylic acids is 1. The SMILES string of the molecule is C/C=C(/C=C/CC)SC(C)C(N)=O. The normalized spacial score (nSPS) is 14.8. The Morgan fingerprint density at radius 3 is 2.62 bits per heavy atom. The molecule has 0 saturated carbocycles. The predicted octanol–water partition coefficient (Wildman–Crippen LogP) is 2.46. The van der Waals surface area contributed by atoms with Crippen molar-refractivity contribution >= 4 is 17.7 Å². The van der Waals surface area contributed by atoms with Crippen LogP contribution in [0.15, 0.2) is 23.1 Å². The van der Waals surface area contributed by atoms with Gasteiger partial charge in [0.25, 0.3) is 0 Å². The topological polar surface area (TPSA) is 43.1 Å². The van der Waals surface area contributed by atoms with Crippen molar-refractivity contribution in [1.29, 1.82) is 0 Å². The van der Waals surface area contributed by atoms with Crippen molar-refractivity contribution in [3.05, 3.63) is 23.1 Å². The maximum Gasteiger partial charge on any atom is 0.230 e. The molecule has 2 N–H and O–H groups in total. The zero-order valence-corrected chi connectivity index (χ0v) is 9.23. The second kappa shape index (κ2) is 6.78. The van der Waals surface area contributed by atoms with Crippen LogP contribution in [-0.4, -0.2) is 11.2 Å². The summed E-state index contributed by atoms with van der Waals surface area (Å²) in [7, 11) is 0. The van der Waals surface area contributed by atoms with Gasteiger partial charge in [0, 0.05) is 4.91 Å². The number of hydrogen-bond acceptors (Lipinski definition) is 2. The van der Waals surface area contributed by atoms with Crippen molar-refractivity contribution < 1.29 is 4.79 Å². The quantitative estimate of drug-likeness (QED) is 0.691. The second-order valence-corrected chi connectivity index (χ2v) is 4.08. The number of carbonyl (C=O) groups is 1. The van der Waals surface area contributed by atoms with E-state index < -0.39 is 0 Å². The van der Waals surface area contributed by atoms with Gasteiger partial charge in [-0.25, -0.2) is 0 Å². The highest BCUT2D eigenvalue weighted by Gasteiger charge is 2.09. The molecule has 1 amide bonds. The largest absolute Gasteiger partial charge is 0.369 e. The Morgan fingerprint density at radius 1 is 1.62 bits per heavy atom. The molecule has 2 nitrogen and oxygen atoms in total. The van der Waals surface area contributed by atoms with Crippen molar-refractivity contribution in [2.75, 3.05) is 0 Å². The summed E-state index contributed by atoms with van der Waals surface area (Å²) in [4.78, 5) is 11.9. The van der Waals surface area contributed by atoms with E-state index in [1.807, 2.05) is 26.0 Å². The Hall–Kier alpha value is -0.700. The summed E-state index contributed by atoms with van der Waals surface area (Å²) < 4.78 is 0. The van der Waals surface area contributed by atoms with E-state index in [0.717, 1.165) is 11.3 Å². The van der Waals surface area contributed by atoms with Crippen LogP contribution in [0.3, 0.4) is 0 Å². The number of amides is 1. The molecule has 0 saturated heterocycles. The van der Waals surface area contributed by atoms with E-state index in [-0.39, 0.29) is 11.2 Å². The van der Waals surface area contributed by atoms with Crippen molar-refractivity contribution in [2.45, 2.75) is 32.4 Å². The molecule has 1 atom stereocenters. The van der Waals surface area contributed by atoms with Gasteiger partial charge in [0.1, 0.15) is 0 Å². The number of thioether (sulfide) groups is 1. The zero-order chi connectivity index (χ0) is 10.3. The van der Waals surface area contributed by atoms with Gasteiger partial charge in [-0.05, 0) is 20.3 Å². The minimum atomic E-state index is -0.269. The standard InChI is InChI=1S/C10H17NOS/c1-4-6-7-9(5-2)13-8(3)10(11)12/h5-8H,4H2,1-3H3,(H2,11,12)/b7-6+,9-5-. The number of nitrogens with two attached hydrogens (primary N) is 1. The van der Waals surface area contributed by atoms with Crippen LogP contribution >= 0.6 is 11.8 Å². The van der Waals surface area contributed by atoms with Crippen LogP contribution in [-0.2, 0) is 4.79 Å². The lowest BCUT2D eigenvalue weighted by molar-refractivity contribution is -0.117. The molecule has 0 aliphatic rings. The molecule has 0 rings (SSSR count). The summed E-state index contributed by atoms with van der Waals surface area (Å²) in [6, 6.07) is 0. The molecule has 3 heteroatoms. The fourth-order valence-electron chi connectivity index (χ4n) is 0.700. The average Bonchev–Trinajstić information content (AvgIpc) is 2.11. The highest BCUT2D eigenvalue weighted by Crippen LogP contribution is 2.22. The van der Waals surface area contributed by atoms with Gasteiger partial charge in [0.05, 0.1) is 5.25 Å². The Kier molecular flexibility index (Phi) is 6.41. The Balaban J connectivity index is 4.15. The molecule has 0 aliphatic heterocycles. The van der Waals surface area contributed by atoms with Crippen molar-refractivity contribution in [1.82, 2.24) is 0 Å². The molecular weight excluding hydrogens is 182 g/mol. The van der Waals surface area contributed by atoms with E-state index >= 15 is 0 Å². The lowest BCUT2D eigenvalue weighted by Gasteiger charge is -2.06. The number of rotatable bonds is 5. The molecule has 1 unspecified atom stereocenters. The average molecular weight is 199 g/mol. The fraction of sp³-hybridized carbons (Fsp3) is 0.500. The highest BCUT2D eigenvalue weighted by molar-refractivity contribution is 8.04. The summed E-state index contributed by atoms with van der Waals surface area (Å²) >= 11 is 1.49. The third-order valence-corrected chi connectivity index (χ3v) is 2.75. The van der Waals surface area contributed by atoms with Gasteiger partial charge in [0.2, 0.25) is 5.91 Å². The van der Waals surface area contributed by atoms with Crippen LogP contribution < -0.4 is 5.73 Å². The summed E-state index contributed by atoms with van der Waals surface area (Å²) in [5.41, 5.74) is 5.16. The summed E-state index contributed by atoms with van der Waals surface area (Å²) in [6.45, 7) is 5.85. The first-order chi connectivity index (χ1) is 6.11. The maximum atomic E-state index is 10.8. The van der Waals surface area contributed by atoms with Crippen molar-refractivity contribution in [2.24, 2.45) is 5.73 Å². The molecule has 0 spiro atoms. The van der Waals surface area contributed by atoms with E-state index in [4.69, 9.17) is 5.73 Å². The molecule has 0 fully saturated rings. The molecule has 0 radical (unpaired) electrons. The Labute approximate surface area is 84.3 Å². The lowest BCUT2D eigenvalue weighted by atomic mass is 10.4. The first-order valence-electron chi connectivity index (χ1n) is 4.40. The van der Waals surface area contributed by atoms with E-state index in [1.54, 1.807) is 0 Å². The van der Waals surface area contributed by atoms with Gasteiger partial charge in [-0.2, -0.15) is 0 Å². The van der Waals surface area contributed by atoms with Gasteiger partial charge in [-0.1, -0.05) is 25.2 Å². The molecule has 74 valence electrons. The molecule has 0 aromatic carbocycles. The van der Waals surface area contributed by atoms with E-state index in [2.05, 4.69) is 13.0 Å². The second-order valence-electron chi connectivity index (χ2n) is 2.66. The van der Waals surface area contributed by atoms with Crippen molar-refractivity contribution in [3.63, 3.8) is 0 Å². The number of hydrogen-bond donors (Lipinski definition) is 1. The van der Waals surface area contributed by atoms with Crippen LogP contribution in [0.4, 0.5) is 0 Å². The first-order valence-corrected chi connectivity index (χ1v) is 5.28. The molecule has 0 aliphatic carbocycles. The van der Waals surface area contributed by atoms with E-state index in [0.29, 0.717) is 0 Å². The summed E-state index contributed by atoms with van der Waals surface area (Å²) in [5, 5.41) is -0.160. The third kappa shape index (κ3) is 5.53. The van der Waals surface area contributed by atoms with Crippen LogP contribution in [0, 0.1) is 0 Å². The molecule has 0 bridgehead atoms. The third-order valence-electron chi connectivity index (χ3n) is 1.52. The maximum absolute atomic E-state index is 10.8. The minimum Gasteiger partial charge on any atom is -0.369 e. The zero-order valence-electron chi connectivity index (χ0n) is 8.41. The molecule has 0 aromatic rings.